The summed E-state index contributed by atoms with van der Waals surface area (Å²) < 4.78 is 80.1. The third kappa shape index (κ3) is 7.91. The minimum Gasteiger partial charge on any atom is -0.337 e. The molecule has 0 amide bonds. The molecule has 4 aromatic rings. The molecule has 6 rings (SSSR count). The maximum absolute atomic E-state index is 13.4. The van der Waals surface area contributed by atoms with E-state index in [2.05, 4.69) is 9.97 Å². The number of nitrogens with zero attached hydrogens (tertiary/aromatic N) is 6. The van der Waals surface area contributed by atoms with E-state index in [1.807, 2.05) is 41.6 Å². The molecule has 0 spiro atoms. The van der Waals surface area contributed by atoms with Crippen LogP contribution >= 0.6 is 0 Å². The van der Waals surface area contributed by atoms with Gasteiger partial charge in [0.2, 0.25) is 20.0 Å². The second-order valence-electron chi connectivity index (χ2n) is 12.0. The normalized spacial score (nSPS) is 17.5. The molecule has 2 aliphatic rings. The van der Waals surface area contributed by atoms with E-state index in [0.29, 0.717) is 26.2 Å². The van der Waals surface area contributed by atoms with Crippen molar-refractivity contribution in [3.8, 4) is 22.5 Å². The van der Waals surface area contributed by atoms with Crippen LogP contribution in [0.3, 0.4) is 0 Å². The van der Waals surface area contributed by atoms with Gasteiger partial charge in [0, 0.05) is 69.4 Å². The summed E-state index contributed by atoms with van der Waals surface area (Å²) in [5.74, 6) is 1.75. The number of imidazole rings is 2. The number of halogens is 2. The van der Waals surface area contributed by atoms with E-state index in [1.54, 1.807) is 18.3 Å². The van der Waals surface area contributed by atoms with Gasteiger partial charge in [-0.3, -0.25) is 0 Å². The summed E-state index contributed by atoms with van der Waals surface area (Å²) in [7, 11) is -2.39. The Kier molecular flexibility index (Phi) is 10.1. The lowest BCUT2D eigenvalue weighted by molar-refractivity contribution is 0.312. The SMILES string of the molecule is Cn1c(-c2cccc(F)c2)cnc1C1CCN(S(C)(=O)=O)CC1.Cn1cc(-c2cccc(F)c2)nc1C1CCN(S(C)(=O)=O)CC1. The summed E-state index contributed by atoms with van der Waals surface area (Å²) in [4.78, 5) is 9.17. The predicted molar refractivity (Wildman–Crippen MR) is 174 cm³/mol. The topological polar surface area (TPSA) is 110 Å². The second-order valence-corrected chi connectivity index (χ2v) is 16.0. The minimum atomic E-state index is -3.12. The standard InChI is InChI=1S/2C16H20FN3O2S/c1-19-11-15(13-4-3-5-14(17)10-13)18-16(19)12-6-8-20(9-7-12)23(2,21)22;1-19-15(13-4-3-5-14(17)10-13)11-18-16(19)12-6-8-20(9-7-12)23(2,21)22/h2*3-5,10-12H,6-9H2,1-2H3. The molecule has 2 aromatic carbocycles. The van der Waals surface area contributed by atoms with Crippen molar-refractivity contribution in [2.24, 2.45) is 14.1 Å². The summed E-state index contributed by atoms with van der Waals surface area (Å²) >= 11 is 0. The van der Waals surface area contributed by atoms with E-state index in [4.69, 9.17) is 0 Å². The number of piperidine rings is 2. The van der Waals surface area contributed by atoms with Crippen molar-refractivity contribution in [1.29, 1.82) is 0 Å². The number of hydrogen-bond acceptors (Lipinski definition) is 6. The first kappa shape index (κ1) is 33.9. The quantitative estimate of drug-likeness (QED) is 0.293. The lowest BCUT2D eigenvalue weighted by Crippen LogP contribution is -2.37. The van der Waals surface area contributed by atoms with Crippen LogP contribution in [0.5, 0.6) is 0 Å². The van der Waals surface area contributed by atoms with Crippen molar-refractivity contribution in [3.05, 3.63) is 84.2 Å². The fraction of sp³-hybridized carbons (Fsp3) is 0.438. The average Bonchev–Trinajstić information content (AvgIpc) is 3.59. The zero-order valence-corrected chi connectivity index (χ0v) is 28.1. The second kappa shape index (κ2) is 13.7. The Morgan fingerprint density at radius 2 is 1.20 bits per heavy atom. The Hall–Kier alpha value is -3.46. The minimum absolute atomic E-state index is 0.223. The molecule has 248 valence electrons. The molecule has 0 saturated carbocycles. The van der Waals surface area contributed by atoms with Gasteiger partial charge in [-0.05, 0) is 49.9 Å². The molecule has 2 aliphatic heterocycles. The summed E-state index contributed by atoms with van der Waals surface area (Å²) in [5.41, 5.74) is 3.15. The maximum Gasteiger partial charge on any atom is 0.211 e. The van der Waals surface area contributed by atoms with Crippen LogP contribution in [0.1, 0.15) is 49.2 Å². The largest absolute Gasteiger partial charge is 0.337 e. The Morgan fingerprint density at radius 3 is 1.70 bits per heavy atom. The summed E-state index contributed by atoms with van der Waals surface area (Å²) in [6.45, 7) is 2.08. The van der Waals surface area contributed by atoms with Gasteiger partial charge in [-0.2, -0.15) is 0 Å². The lowest BCUT2D eigenvalue weighted by Gasteiger charge is -2.29. The lowest BCUT2D eigenvalue weighted by atomic mass is 9.97. The van der Waals surface area contributed by atoms with Crippen molar-refractivity contribution >= 4 is 20.0 Å². The van der Waals surface area contributed by atoms with Gasteiger partial charge in [0.1, 0.15) is 23.3 Å². The Bertz CT molecular complexity index is 1840. The molecule has 46 heavy (non-hydrogen) atoms. The van der Waals surface area contributed by atoms with Crippen molar-refractivity contribution in [2.75, 3.05) is 38.7 Å². The van der Waals surface area contributed by atoms with E-state index in [0.717, 1.165) is 59.8 Å². The zero-order chi connectivity index (χ0) is 33.2. The number of benzene rings is 2. The highest BCUT2D eigenvalue weighted by Gasteiger charge is 2.29. The molecule has 4 heterocycles. The molecular weight excluding hydrogens is 635 g/mol. The summed E-state index contributed by atoms with van der Waals surface area (Å²) in [6, 6.07) is 12.8. The first-order chi connectivity index (χ1) is 21.7. The van der Waals surface area contributed by atoms with Crippen LogP contribution in [0.2, 0.25) is 0 Å². The molecule has 2 aromatic heterocycles. The molecule has 0 bridgehead atoms. The molecule has 2 fully saturated rings. The van der Waals surface area contributed by atoms with Crippen molar-refractivity contribution in [2.45, 2.75) is 37.5 Å². The van der Waals surface area contributed by atoms with E-state index in [9.17, 15) is 25.6 Å². The number of sulfonamides is 2. The molecule has 0 radical (unpaired) electrons. The molecule has 2 saturated heterocycles. The zero-order valence-electron chi connectivity index (χ0n) is 26.5. The average molecular weight is 675 g/mol. The molecule has 0 aliphatic carbocycles. The van der Waals surface area contributed by atoms with Gasteiger partial charge < -0.3 is 9.13 Å². The Morgan fingerprint density at radius 1 is 0.717 bits per heavy atom. The van der Waals surface area contributed by atoms with Crippen LogP contribution in [-0.2, 0) is 34.1 Å². The van der Waals surface area contributed by atoms with Crippen LogP contribution < -0.4 is 0 Å². The number of rotatable bonds is 6. The first-order valence-electron chi connectivity index (χ1n) is 15.2. The summed E-state index contributed by atoms with van der Waals surface area (Å²) in [5, 5.41) is 0. The van der Waals surface area contributed by atoms with E-state index < -0.39 is 20.0 Å². The van der Waals surface area contributed by atoms with Gasteiger partial charge in [-0.25, -0.2) is 44.2 Å². The monoisotopic (exact) mass is 674 g/mol. The number of aromatic nitrogens is 4. The molecule has 0 N–H and O–H groups in total. The predicted octanol–water partition coefficient (Wildman–Crippen LogP) is 4.73. The van der Waals surface area contributed by atoms with E-state index >= 15 is 0 Å². The molecular formula is C32H40F2N6O4S2. The van der Waals surface area contributed by atoms with Crippen LogP contribution in [0, 0.1) is 11.6 Å². The van der Waals surface area contributed by atoms with Crippen molar-refractivity contribution < 1.29 is 25.6 Å². The van der Waals surface area contributed by atoms with Gasteiger partial charge in [0.15, 0.2) is 0 Å². The highest BCUT2D eigenvalue weighted by atomic mass is 32.2. The van der Waals surface area contributed by atoms with Gasteiger partial charge in [-0.1, -0.05) is 24.3 Å². The van der Waals surface area contributed by atoms with Crippen LogP contribution in [0.4, 0.5) is 8.78 Å². The van der Waals surface area contributed by atoms with Gasteiger partial charge in [0.25, 0.3) is 0 Å². The fourth-order valence-electron chi connectivity index (χ4n) is 6.26. The van der Waals surface area contributed by atoms with Gasteiger partial charge in [-0.15, -0.1) is 0 Å². The smallest absolute Gasteiger partial charge is 0.211 e. The fourth-order valence-corrected chi connectivity index (χ4v) is 8.01. The van der Waals surface area contributed by atoms with Gasteiger partial charge in [0.05, 0.1) is 30.1 Å². The van der Waals surface area contributed by atoms with Gasteiger partial charge >= 0.3 is 0 Å². The van der Waals surface area contributed by atoms with Crippen LogP contribution in [0.15, 0.2) is 60.9 Å². The third-order valence-corrected chi connectivity index (χ3v) is 11.4. The van der Waals surface area contributed by atoms with E-state index in [1.165, 1.54) is 45.4 Å². The Labute approximate surface area is 269 Å². The molecule has 0 atom stereocenters. The third-order valence-electron chi connectivity index (χ3n) is 8.75. The first-order valence-corrected chi connectivity index (χ1v) is 18.9. The maximum atomic E-state index is 13.4. The van der Waals surface area contributed by atoms with Crippen LogP contribution in [0.25, 0.3) is 22.5 Å². The molecule has 14 heteroatoms. The summed E-state index contributed by atoms with van der Waals surface area (Å²) in [6.07, 6.45) is 9.15. The molecule has 0 unspecified atom stereocenters. The molecule has 10 nitrogen and oxygen atoms in total. The van der Waals surface area contributed by atoms with Crippen molar-refractivity contribution in [3.63, 3.8) is 0 Å². The highest BCUT2D eigenvalue weighted by Crippen LogP contribution is 2.32. The highest BCUT2D eigenvalue weighted by molar-refractivity contribution is 7.88. The van der Waals surface area contributed by atoms with E-state index in [-0.39, 0.29) is 23.5 Å². The van der Waals surface area contributed by atoms with Crippen LogP contribution in [-0.4, -0.2) is 83.2 Å². The Balaban J connectivity index is 0.000000181. The number of hydrogen-bond donors (Lipinski definition) is 0. The van der Waals surface area contributed by atoms with Crippen molar-refractivity contribution in [1.82, 2.24) is 27.7 Å². The number of aryl methyl sites for hydroxylation is 1.